The molecule has 1 atom stereocenters. The third-order valence-corrected chi connectivity index (χ3v) is 4.06. The highest BCUT2D eigenvalue weighted by Gasteiger charge is 2.52. The van der Waals surface area contributed by atoms with Crippen molar-refractivity contribution in [3.8, 4) is 0 Å². The highest BCUT2D eigenvalue weighted by molar-refractivity contribution is 7.14. The van der Waals surface area contributed by atoms with Gasteiger partial charge in [0.2, 0.25) is 0 Å². The van der Waals surface area contributed by atoms with Gasteiger partial charge in [-0.05, 0) is 18.2 Å². The van der Waals surface area contributed by atoms with E-state index in [1.165, 1.54) is 18.2 Å². The molecule has 1 aliphatic rings. The van der Waals surface area contributed by atoms with Gasteiger partial charge in [0.05, 0.1) is 6.04 Å². The number of carbonyl (C=O) groups is 3. The van der Waals surface area contributed by atoms with Crippen molar-refractivity contribution < 1.29 is 28.3 Å². The number of hydrogen-bond acceptors (Lipinski definition) is 4. The monoisotopic (exact) mass is 315 g/mol. The lowest BCUT2D eigenvalue weighted by Gasteiger charge is -2.17. The van der Waals surface area contributed by atoms with Crippen molar-refractivity contribution in [2.24, 2.45) is 0 Å². The first-order chi connectivity index (χ1) is 9.85. The summed E-state index contributed by atoms with van der Waals surface area (Å²) in [7, 11) is 0. The Morgan fingerprint density at radius 3 is 2.81 bits per heavy atom. The highest BCUT2D eigenvalue weighted by atomic mass is 32.1. The molecular weight excluding hydrogens is 304 g/mol. The first-order valence-electron chi connectivity index (χ1n) is 5.99. The van der Waals surface area contributed by atoms with Gasteiger partial charge in [-0.3, -0.25) is 4.79 Å². The Hall–Kier alpha value is -2.09. The van der Waals surface area contributed by atoms with Crippen LogP contribution in [-0.2, 0) is 9.59 Å². The highest BCUT2D eigenvalue weighted by Crippen LogP contribution is 2.32. The number of carbonyl (C=O) groups excluding carboxylic acids is 2. The lowest BCUT2D eigenvalue weighted by molar-refractivity contribution is -0.147. The van der Waals surface area contributed by atoms with Crippen LogP contribution in [0.4, 0.5) is 8.78 Å². The molecule has 0 radical (unpaired) electrons. The minimum absolute atomic E-state index is 0.127. The van der Waals surface area contributed by atoms with E-state index in [4.69, 9.17) is 5.11 Å². The van der Waals surface area contributed by atoms with Crippen LogP contribution < -0.4 is 0 Å². The van der Waals surface area contributed by atoms with Gasteiger partial charge in [0.15, 0.2) is 0 Å². The number of rotatable bonds is 5. The average molecular weight is 315 g/mol. The van der Waals surface area contributed by atoms with Gasteiger partial charge in [-0.1, -0.05) is 6.08 Å². The number of halogens is 2. The minimum Gasteiger partial charge on any atom is -0.477 e. The van der Waals surface area contributed by atoms with E-state index in [0.29, 0.717) is 11.2 Å². The van der Waals surface area contributed by atoms with Crippen LogP contribution >= 0.6 is 11.3 Å². The minimum atomic E-state index is -3.50. The topological polar surface area (TPSA) is 74.7 Å². The predicted molar refractivity (Wildman–Crippen MR) is 71.4 cm³/mol. The molecule has 0 aromatic carbocycles. The van der Waals surface area contributed by atoms with Crippen LogP contribution in [0, 0.1) is 0 Å². The molecule has 1 amide bonds. The number of alkyl halides is 2. The molecule has 0 spiro atoms. The molecule has 5 nitrogen and oxygen atoms in total. The standard InChI is InChI=1S/C13H11F2NO4S/c14-13(15)6-8(7-17)16(12(13)20)5-1-2-9-3-4-10(21-9)11(18)19/h1-4,7-8H,5-6H2,(H,18,19). The lowest BCUT2D eigenvalue weighted by Crippen LogP contribution is -2.37. The van der Waals surface area contributed by atoms with Gasteiger partial charge in [-0.15, -0.1) is 11.3 Å². The third kappa shape index (κ3) is 3.15. The first kappa shape index (κ1) is 15.3. The zero-order valence-electron chi connectivity index (χ0n) is 10.7. The van der Waals surface area contributed by atoms with Crippen molar-refractivity contribution >= 4 is 35.6 Å². The molecule has 112 valence electrons. The smallest absolute Gasteiger partial charge is 0.345 e. The molecule has 0 aliphatic carbocycles. The Labute approximate surface area is 122 Å². The second-order valence-electron chi connectivity index (χ2n) is 4.48. The van der Waals surface area contributed by atoms with E-state index >= 15 is 0 Å². The van der Waals surface area contributed by atoms with Crippen LogP contribution in [0.15, 0.2) is 18.2 Å². The number of carboxylic acids is 1. The summed E-state index contributed by atoms with van der Waals surface area (Å²) in [6, 6.07) is 1.87. The number of aldehydes is 1. The number of amides is 1. The summed E-state index contributed by atoms with van der Waals surface area (Å²) in [6.45, 7) is -0.127. The largest absolute Gasteiger partial charge is 0.477 e. The molecule has 8 heteroatoms. The molecule has 1 aromatic heterocycles. The summed E-state index contributed by atoms with van der Waals surface area (Å²) in [5, 5.41) is 8.77. The Morgan fingerprint density at radius 1 is 1.52 bits per heavy atom. The van der Waals surface area contributed by atoms with Gasteiger partial charge in [-0.25, -0.2) is 4.79 Å². The molecule has 1 aromatic rings. The molecule has 21 heavy (non-hydrogen) atoms. The van der Waals surface area contributed by atoms with Gasteiger partial charge in [0.1, 0.15) is 11.2 Å². The van der Waals surface area contributed by atoms with E-state index in [-0.39, 0.29) is 11.4 Å². The van der Waals surface area contributed by atoms with Crippen LogP contribution in [0.3, 0.4) is 0 Å². The van der Waals surface area contributed by atoms with Gasteiger partial charge in [0.25, 0.3) is 5.91 Å². The summed E-state index contributed by atoms with van der Waals surface area (Å²) < 4.78 is 26.5. The molecule has 0 bridgehead atoms. The predicted octanol–water partition coefficient (Wildman–Crippen LogP) is 1.89. The SMILES string of the molecule is O=CC1CC(F)(F)C(=O)N1CC=Cc1ccc(C(=O)O)s1. The maximum absolute atomic E-state index is 13.2. The molecule has 1 fully saturated rings. The number of carboxylic acid groups (broad SMARTS) is 1. The van der Waals surface area contributed by atoms with Crippen molar-refractivity contribution in [3.63, 3.8) is 0 Å². The molecular formula is C13H11F2NO4S. The summed E-state index contributed by atoms with van der Waals surface area (Å²) in [5.41, 5.74) is 0. The average Bonchev–Trinajstić information content (AvgIpc) is 2.97. The van der Waals surface area contributed by atoms with Gasteiger partial charge in [0, 0.05) is 17.8 Å². The van der Waals surface area contributed by atoms with E-state index in [2.05, 4.69) is 0 Å². The van der Waals surface area contributed by atoms with Crippen molar-refractivity contribution in [1.82, 2.24) is 4.90 Å². The van der Waals surface area contributed by atoms with Gasteiger partial charge >= 0.3 is 11.9 Å². The molecule has 0 saturated carbocycles. The van der Waals surface area contributed by atoms with Crippen LogP contribution in [-0.4, -0.2) is 46.7 Å². The fourth-order valence-electron chi connectivity index (χ4n) is 2.00. The number of thiophene rings is 1. The zero-order chi connectivity index (χ0) is 15.6. The zero-order valence-corrected chi connectivity index (χ0v) is 11.5. The van der Waals surface area contributed by atoms with Crippen molar-refractivity contribution in [2.75, 3.05) is 6.54 Å². The van der Waals surface area contributed by atoms with Crippen LogP contribution in [0.5, 0.6) is 0 Å². The van der Waals surface area contributed by atoms with Gasteiger partial charge in [-0.2, -0.15) is 8.78 Å². The van der Waals surface area contributed by atoms with E-state index in [0.717, 1.165) is 16.2 Å². The summed E-state index contributed by atoms with van der Waals surface area (Å²) in [6.07, 6.45) is 2.52. The van der Waals surface area contributed by atoms with Gasteiger partial charge < -0.3 is 14.8 Å². The summed E-state index contributed by atoms with van der Waals surface area (Å²) in [5.74, 6) is -5.91. The van der Waals surface area contributed by atoms with E-state index < -0.39 is 30.3 Å². The number of hydrogen-bond donors (Lipinski definition) is 1. The van der Waals surface area contributed by atoms with E-state index in [1.54, 1.807) is 6.07 Å². The molecule has 1 aliphatic heterocycles. The molecule has 1 N–H and O–H groups in total. The Morgan fingerprint density at radius 2 is 2.24 bits per heavy atom. The molecule has 1 unspecified atom stereocenters. The number of aromatic carboxylic acids is 1. The maximum atomic E-state index is 13.2. The fraction of sp³-hybridized carbons (Fsp3) is 0.308. The fourth-order valence-corrected chi connectivity index (χ4v) is 2.78. The van der Waals surface area contributed by atoms with E-state index in [9.17, 15) is 23.2 Å². The molecule has 2 heterocycles. The van der Waals surface area contributed by atoms with Crippen molar-refractivity contribution in [1.29, 1.82) is 0 Å². The third-order valence-electron chi connectivity index (χ3n) is 3.02. The molecule has 1 saturated heterocycles. The number of likely N-dealkylation sites (tertiary alicyclic amines) is 1. The van der Waals surface area contributed by atoms with Crippen LogP contribution in [0.25, 0.3) is 6.08 Å². The second kappa shape index (κ2) is 5.72. The first-order valence-corrected chi connectivity index (χ1v) is 6.80. The van der Waals surface area contributed by atoms with E-state index in [1.807, 2.05) is 0 Å². The maximum Gasteiger partial charge on any atom is 0.345 e. The Kier molecular flexibility index (Phi) is 4.17. The molecule has 2 rings (SSSR count). The van der Waals surface area contributed by atoms with Crippen LogP contribution in [0.2, 0.25) is 0 Å². The number of nitrogens with zero attached hydrogens (tertiary/aromatic N) is 1. The normalized spacial score (nSPS) is 21.1. The quantitative estimate of drug-likeness (QED) is 0.842. The summed E-state index contributed by atoms with van der Waals surface area (Å²) >= 11 is 1.02. The van der Waals surface area contributed by atoms with Crippen molar-refractivity contribution in [2.45, 2.75) is 18.4 Å². The lowest BCUT2D eigenvalue weighted by atomic mass is 10.2. The Balaban J connectivity index is 2.04. The van der Waals surface area contributed by atoms with Crippen LogP contribution in [0.1, 0.15) is 21.0 Å². The summed E-state index contributed by atoms with van der Waals surface area (Å²) in [4.78, 5) is 34.5. The second-order valence-corrected chi connectivity index (χ2v) is 5.59. The van der Waals surface area contributed by atoms with Crippen molar-refractivity contribution in [3.05, 3.63) is 28.0 Å². The Bertz CT molecular complexity index is 611.